The van der Waals surface area contributed by atoms with Gasteiger partial charge in [-0.1, -0.05) is 44.2 Å². The first kappa shape index (κ1) is 11.8. The van der Waals surface area contributed by atoms with Gasteiger partial charge < -0.3 is 0 Å². The minimum absolute atomic E-state index is 0.534. The fourth-order valence-corrected chi connectivity index (χ4v) is 2.60. The van der Waals surface area contributed by atoms with Crippen molar-refractivity contribution in [1.29, 1.82) is 0 Å². The fourth-order valence-electron chi connectivity index (χ4n) is 2.38. The van der Waals surface area contributed by atoms with E-state index in [4.69, 9.17) is 11.6 Å². The largest absolute Gasteiger partial charge is 0.238 e. The Morgan fingerprint density at radius 1 is 1.19 bits per heavy atom. The third-order valence-corrected chi connectivity index (χ3v) is 3.54. The summed E-state index contributed by atoms with van der Waals surface area (Å²) in [4.78, 5) is 9.02. The molecule has 16 heavy (non-hydrogen) atoms. The minimum atomic E-state index is 0.534. The minimum Gasteiger partial charge on any atom is -0.238 e. The second-order valence-corrected chi connectivity index (χ2v) is 4.97. The summed E-state index contributed by atoms with van der Waals surface area (Å²) in [5, 5.41) is 0.603. The predicted molar refractivity (Wildman–Crippen MR) is 66.9 cm³/mol. The normalized spacial score (nSPS) is 18.4. The molecule has 1 aromatic rings. The number of hydrogen-bond acceptors (Lipinski definition) is 2. The van der Waals surface area contributed by atoms with Crippen LogP contribution in [-0.2, 0) is 6.42 Å². The lowest BCUT2D eigenvalue weighted by Gasteiger charge is -2.13. The van der Waals surface area contributed by atoms with E-state index in [9.17, 15) is 0 Å². The molecular formula is C13H19ClN2. The van der Waals surface area contributed by atoms with E-state index < -0.39 is 0 Å². The van der Waals surface area contributed by atoms with Crippen molar-refractivity contribution in [2.45, 2.75) is 57.8 Å². The highest BCUT2D eigenvalue weighted by Crippen LogP contribution is 2.30. The molecule has 2 nitrogen and oxygen atoms in total. The molecule has 3 heteroatoms. The van der Waals surface area contributed by atoms with Gasteiger partial charge in [0.2, 0.25) is 0 Å². The second-order valence-electron chi connectivity index (χ2n) is 4.58. The van der Waals surface area contributed by atoms with Gasteiger partial charge in [0.25, 0.3) is 0 Å². The molecule has 0 radical (unpaired) electrons. The summed E-state index contributed by atoms with van der Waals surface area (Å²) in [7, 11) is 0. The summed E-state index contributed by atoms with van der Waals surface area (Å²) in [5.41, 5.74) is 1.07. The van der Waals surface area contributed by atoms with Crippen molar-refractivity contribution in [3.05, 3.63) is 22.7 Å². The van der Waals surface area contributed by atoms with Crippen molar-refractivity contribution >= 4 is 11.6 Å². The fraction of sp³-hybridized carbons (Fsp3) is 0.692. The van der Waals surface area contributed by atoms with Gasteiger partial charge in [0, 0.05) is 11.6 Å². The van der Waals surface area contributed by atoms with Gasteiger partial charge in [0.15, 0.2) is 0 Å². The molecule has 0 aromatic carbocycles. The third-order valence-electron chi connectivity index (χ3n) is 3.35. The van der Waals surface area contributed by atoms with Crippen molar-refractivity contribution in [1.82, 2.24) is 9.97 Å². The molecule has 88 valence electrons. The predicted octanol–water partition coefficient (Wildman–Crippen LogP) is 4.13. The van der Waals surface area contributed by atoms with E-state index in [-0.39, 0.29) is 0 Å². The zero-order chi connectivity index (χ0) is 11.4. The molecule has 1 aromatic heterocycles. The van der Waals surface area contributed by atoms with Gasteiger partial charge >= 0.3 is 0 Å². The van der Waals surface area contributed by atoms with Gasteiger partial charge in [-0.05, 0) is 25.3 Å². The Morgan fingerprint density at radius 2 is 1.88 bits per heavy atom. The molecule has 0 bridgehead atoms. The third kappa shape index (κ3) is 2.94. The molecule has 0 atom stereocenters. The number of nitrogens with zero attached hydrogens (tertiary/aromatic N) is 2. The van der Waals surface area contributed by atoms with E-state index >= 15 is 0 Å². The second kappa shape index (κ2) is 5.62. The van der Waals surface area contributed by atoms with Crippen LogP contribution in [0.15, 0.2) is 6.07 Å². The lowest BCUT2D eigenvalue weighted by Crippen LogP contribution is -2.06. The van der Waals surface area contributed by atoms with Gasteiger partial charge in [-0.25, -0.2) is 9.97 Å². The highest BCUT2D eigenvalue weighted by molar-refractivity contribution is 6.29. The average Bonchev–Trinajstić information content (AvgIpc) is 2.56. The lowest BCUT2D eigenvalue weighted by atomic mass is 9.99. The Morgan fingerprint density at radius 3 is 2.50 bits per heavy atom. The molecule has 1 saturated carbocycles. The van der Waals surface area contributed by atoms with Crippen molar-refractivity contribution in [3.63, 3.8) is 0 Å². The smallest absolute Gasteiger partial charge is 0.133 e. The summed E-state index contributed by atoms with van der Waals surface area (Å²) in [6.07, 6.45) is 8.72. The first-order chi connectivity index (χ1) is 7.79. The van der Waals surface area contributed by atoms with E-state index in [0.717, 1.165) is 17.9 Å². The molecule has 1 aliphatic rings. The molecule has 1 aliphatic carbocycles. The van der Waals surface area contributed by atoms with Gasteiger partial charge in [0.05, 0.1) is 0 Å². The molecule has 0 unspecified atom stereocenters. The van der Waals surface area contributed by atoms with Crippen molar-refractivity contribution in [2.24, 2.45) is 0 Å². The van der Waals surface area contributed by atoms with Crippen LogP contribution in [0.4, 0.5) is 0 Å². The van der Waals surface area contributed by atoms with Crippen LogP contribution in [0.1, 0.15) is 62.9 Å². The topological polar surface area (TPSA) is 25.8 Å². The van der Waals surface area contributed by atoms with Crippen LogP contribution in [0.25, 0.3) is 0 Å². The van der Waals surface area contributed by atoms with E-state index in [2.05, 4.69) is 16.9 Å². The molecule has 0 amide bonds. The molecule has 0 aliphatic heterocycles. The summed E-state index contributed by atoms with van der Waals surface area (Å²) < 4.78 is 0. The molecule has 2 rings (SSSR count). The zero-order valence-electron chi connectivity index (χ0n) is 9.88. The van der Waals surface area contributed by atoms with Gasteiger partial charge in [0.1, 0.15) is 11.0 Å². The van der Waals surface area contributed by atoms with E-state index in [1.54, 1.807) is 0 Å². The maximum absolute atomic E-state index is 6.04. The number of hydrogen-bond donors (Lipinski definition) is 0. The van der Waals surface area contributed by atoms with E-state index in [0.29, 0.717) is 11.1 Å². The molecule has 0 saturated heterocycles. The van der Waals surface area contributed by atoms with Crippen molar-refractivity contribution in [3.8, 4) is 0 Å². The Bertz CT molecular complexity index is 344. The van der Waals surface area contributed by atoms with Crippen molar-refractivity contribution in [2.75, 3.05) is 0 Å². The zero-order valence-corrected chi connectivity index (χ0v) is 10.6. The van der Waals surface area contributed by atoms with E-state index in [1.165, 1.54) is 38.5 Å². The van der Waals surface area contributed by atoms with Crippen LogP contribution in [0, 0.1) is 0 Å². The molecule has 1 heterocycles. The molecule has 0 N–H and O–H groups in total. The standard InChI is InChI=1S/C13H19ClN2/c1-2-11-9-12(14)16-13(15-11)10-7-5-3-4-6-8-10/h9-10H,2-8H2,1H3. The summed E-state index contributed by atoms with van der Waals surface area (Å²) >= 11 is 6.04. The van der Waals surface area contributed by atoms with E-state index in [1.807, 2.05) is 6.07 Å². The first-order valence-electron chi connectivity index (χ1n) is 6.33. The van der Waals surface area contributed by atoms with Crippen LogP contribution in [-0.4, -0.2) is 9.97 Å². The quantitative estimate of drug-likeness (QED) is 0.572. The van der Waals surface area contributed by atoms with Crippen LogP contribution < -0.4 is 0 Å². The highest BCUT2D eigenvalue weighted by Gasteiger charge is 2.17. The summed E-state index contributed by atoms with van der Waals surface area (Å²) in [6, 6.07) is 1.88. The SMILES string of the molecule is CCc1cc(Cl)nc(C2CCCCCC2)n1. The number of rotatable bonds is 2. The molecular weight excluding hydrogens is 220 g/mol. The number of halogens is 1. The Labute approximate surface area is 102 Å². The average molecular weight is 239 g/mol. The van der Waals surface area contributed by atoms with Crippen molar-refractivity contribution < 1.29 is 0 Å². The van der Waals surface area contributed by atoms with Crippen LogP contribution >= 0.6 is 11.6 Å². The summed E-state index contributed by atoms with van der Waals surface area (Å²) in [5.74, 6) is 1.51. The Balaban J connectivity index is 2.20. The van der Waals surface area contributed by atoms with Crippen LogP contribution in [0.2, 0.25) is 5.15 Å². The number of aryl methyl sites for hydroxylation is 1. The van der Waals surface area contributed by atoms with Gasteiger partial charge in [-0.2, -0.15) is 0 Å². The molecule has 1 fully saturated rings. The number of aromatic nitrogens is 2. The lowest BCUT2D eigenvalue weighted by molar-refractivity contribution is 0.557. The van der Waals surface area contributed by atoms with Gasteiger partial charge in [-0.3, -0.25) is 0 Å². The Kier molecular flexibility index (Phi) is 4.16. The van der Waals surface area contributed by atoms with Crippen LogP contribution in [0.5, 0.6) is 0 Å². The van der Waals surface area contributed by atoms with Gasteiger partial charge in [-0.15, -0.1) is 0 Å². The maximum Gasteiger partial charge on any atom is 0.133 e. The first-order valence-corrected chi connectivity index (χ1v) is 6.70. The monoisotopic (exact) mass is 238 g/mol. The highest BCUT2D eigenvalue weighted by atomic mass is 35.5. The van der Waals surface area contributed by atoms with Crippen LogP contribution in [0.3, 0.4) is 0 Å². The Hall–Kier alpha value is -0.630. The molecule has 0 spiro atoms. The maximum atomic E-state index is 6.04. The summed E-state index contributed by atoms with van der Waals surface area (Å²) in [6.45, 7) is 2.11.